The average molecular weight is 554 g/mol. The second-order valence-electron chi connectivity index (χ2n) is 9.94. The van der Waals surface area contributed by atoms with Crippen LogP contribution in [0.5, 0.6) is 5.75 Å². The first-order valence-electron chi connectivity index (χ1n) is 13.1. The van der Waals surface area contributed by atoms with E-state index in [9.17, 15) is 9.59 Å². The summed E-state index contributed by atoms with van der Waals surface area (Å²) >= 11 is 12.6. The van der Waals surface area contributed by atoms with Gasteiger partial charge in [0.15, 0.2) is 6.61 Å². The van der Waals surface area contributed by atoms with Gasteiger partial charge in [0.2, 0.25) is 5.91 Å². The van der Waals surface area contributed by atoms with E-state index < -0.39 is 6.04 Å². The Morgan fingerprint density at radius 1 is 1.00 bits per heavy atom. The molecule has 1 N–H and O–H groups in total. The molecule has 1 fully saturated rings. The van der Waals surface area contributed by atoms with Gasteiger partial charge in [-0.15, -0.1) is 0 Å². The fourth-order valence-electron chi connectivity index (χ4n) is 4.86. The summed E-state index contributed by atoms with van der Waals surface area (Å²) in [6.07, 6.45) is 4.48. The average Bonchev–Trinajstić information content (AvgIpc) is 3.41. The number of hydrogen-bond donors (Lipinski definition) is 1. The summed E-state index contributed by atoms with van der Waals surface area (Å²) < 4.78 is 5.98. The fourth-order valence-corrected chi connectivity index (χ4v) is 5.33. The van der Waals surface area contributed by atoms with Crippen molar-refractivity contribution >= 4 is 35.0 Å². The quantitative estimate of drug-likeness (QED) is 0.305. The smallest absolute Gasteiger partial charge is 0.261 e. The first-order chi connectivity index (χ1) is 18.3. The van der Waals surface area contributed by atoms with Crippen molar-refractivity contribution in [2.45, 2.75) is 64.6 Å². The van der Waals surface area contributed by atoms with Crippen molar-refractivity contribution in [1.82, 2.24) is 10.2 Å². The minimum atomic E-state index is -0.737. The van der Waals surface area contributed by atoms with Crippen LogP contribution in [0.1, 0.15) is 47.9 Å². The second kappa shape index (κ2) is 13.2. The number of aryl methyl sites for hydroxylation is 1. The highest BCUT2D eigenvalue weighted by molar-refractivity contribution is 6.35. The number of nitrogens with one attached hydrogen (secondary N) is 1. The van der Waals surface area contributed by atoms with Gasteiger partial charge < -0.3 is 15.0 Å². The molecule has 0 radical (unpaired) electrons. The Bertz CT molecular complexity index is 1260. The van der Waals surface area contributed by atoms with Crippen LogP contribution in [-0.2, 0) is 22.6 Å². The number of benzene rings is 3. The molecular weight excluding hydrogens is 519 g/mol. The van der Waals surface area contributed by atoms with Gasteiger partial charge in [0.1, 0.15) is 11.8 Å². The number of amides is 2. The zero-order chi connectivity index (χ0) is 27.1. The van der Waals surface area contributed by atoms with Gasteiger partial charge in [-0.25, -0.2) is 0 Å². The Balaban J connectivity index is 1.65. The van der Waals surface area contributed by atoms with Crippen LogP contribution in [-0.4, -0.2) is 35.4 Å². The Kier molecular flexibility index (Phi) is 9.70. The van der Waals surface area contributed by atoms with Crippen molar-refractivity contribution < 1.29 is 14.3 Å². The van der Waals surface area contributed by atoms with E-state index in [0.29, 0.717) is 27.8 Å². The molecule has 0 heterocycles. The first-order valence-corrected chi connectivity index (χ1v) is 13.8. The van der Waals surface area contributed by atoms with Crippen LogP contribution in [0.2, 0.25) is 10.0 Å². The number of nitrogens with zero attached hydrogens (tertiary/aromatic N) is 1. The van der Waals surface area contributed by atoms with E-state index in [-0.39, 0.29) is 31.0 Å². The first kappa shape index (κ1) is 28.0. The highest BCUT2D eigenvalue weighted by Gasteiger charge is 2.33. The van der Waals surface area contributed by atoms with Crippen LogP contribution >= 0.6 is 23.2 Å². The molecule has 0 spiro atoms. The molecule has 0 aromatic heterocycles. The molecule has 0 saturated heterocycles. The Hall–Kier alpha value is -3.02. The maximum atomic E-state index is 13.8. The van der Waals surface area contributed by atoms with Crippen molar-refractivity contribution in [1.29, 1.82) is 0 Å². The number of carbonyl (C=O) groups excluding carboxylic acids is 2. The van der Waals surface area contributed by atoms with E-state index in [4.69, 9.17) is 27.9 Å². The molecule has 1 aliphatic rings. The van der Waals surface area contributed by atoms with Crippen molar-refractivity contribution in [3.63, 3.8) is 0 Å². The summed E-state index contributed by atoms with van der Waals surface area (Å²) in [6, 6.07) is 20.1. The third-order valence-electron chi connectivity index (χ3n) is 7.23. The number of ether oxygens (including phenoxy) is 1. The predicted octanol–water partition coefficient (Wildman–Crippen LogP) is 6.69. The molecule has 1 aliphatic carbocycles. The van der Waals surface area contributed by atoms with Crippen LogP contribution < -0.4 is 10.1 Å². The maximum absolute atomic E-state index is 13.8. The molecule has 2 amide bonds. The Morgan fingerprint density at radius 2 is 1.74 bits per heavy atom. The number of hydrogen-bond acceptors (Lipinski definition) is 3. The van der Waals surface area contributed by atoms with Gasteiger partial charge in [0.25, 0.3) is 5.91 Å². The lowest BCUT2D eigenvalue weighted by Gasteiger charge is -2.32. The van der Waals surface area contributed by atoms with E-state index in [1.165, 1.54) is 0 Å². The Morgan fingerprint density at radius 3 is 2.45 bits per heavy atom. The molecule has 200 valence electrons. The van der Waals surface area contributed by atoms with Gasteiger partial charge >= 0.3 is 0 Å². The van der Waals surface area contributed by atoms with Crippen LogP contribution in [0, 0.1) is 13.8 Å². The van der Waals surface area contributed by atoms with Gasteiger partial charge in [-0.1, -0.05) is 84.6 Å². The number of rotatable bonds is 10. The molecule has 4 rings (SSSR count). The van der Waals surface area contributed by atoms with E-state index in [0.717, 1.165) is 42.4 Å². The number of halogens is 2. The van der Waals surface area contributed by atoms with Gasteiger partial charge in [0.05, 0.1) is 0 Å². The second-order valence-corrected chi connectivity index (χ2v) is 10.8. The molecule has 38 heavy (non-hydrogen) atoms. The molecule has 0 bridgehead atoms. The van der Waals surface area contributed by atoms with Crippen LogP contribution in [0.15, 0.2) is 66.7 Å². The van der Waals surface area contributed by atoms with Crippen LogP contribution in [0.4, 0.5) is 0 Å². The predicted molar refractivity (Wildman–Crippen MR) is 153 cm³/mol. The SMILES string of the molecule is Cc1cccc(OCC(=O)N(Cc2ccc(Cl)cc2Cl)[C@H](Cc2ccccc2)C(=O)NC2CCCC2)c1C. The third kappa shape index (κ3) is 7.30. The summed E-state index contributed by atoms with van der Waals surface area (Å²) in [5.41, 5.74) is 3.74. The topological polar surface area (TPSA) is 58.6 Å². The van der Waals surface area contributed by atoms with Crippen LogP contribution in [0.25, 0.3) is 0 Å². The fraction of sp³-hybridized carbons (Fsp3) is 0.355. The van der Waals surface area contributed by atoms with Gasteiger partial charge in [-0.3, -0.25) is 9.59 Å². The summed E-state index contributed by atoms with van der Waals surface area (Å²) in [5.74, 6) is 0.197. The van der Waals surface area contributed by atoms with Crippen molar-refractivity contribution in [2.24, 2.45) is 0 Å². The summed E-state index contributed by atoms with van der Waals surface area (Å²) in [7, 11) is 0. The maximum Gasteiger partial charge on any atom is 0.261 e. The molecule has 7 heteroatoms. The summed E-state index contributed by atoms with van der Waals surface area (Å²) in [4.78, 5) is 29.2. The van der Waals surface area contributed by atoms with Crippen LogP contribution in [0.3, 0.4) is 0 Å². The highest BCUT2D eigenvalue weighted by Crippen LogP contribution is 2.26. The third-order valence-corrected chi connectivity index (χ3v) is 7.82. The highest BCUT2D eigenvalue weighted by atomic mass is 35.5. The largest absolute Gasteiger partial charge is 0.483 e. The lowest BCUT2D eigenvalue weighted by Crippen LogP contribution is -2.53. The molecule has 0 unspecified atom stereocenters. The van der Waals surface area contributed by atoms with E-state index >= 15 is 0 Å². The lowest BCUT2D eigenvalue weighted by molar-refractivity contribution is -0.143. The van der Waals surface area contributed by atoms with E-state index in [1.807, 2.05) is 62.4 Å². The van der Waals surface area contributed by atoms with Crippen molar-refractivity contribution in [2.75, 3.05) is 6.61 Å². The standard InChI is InChI=1S/C31H34Cl2N2O3/c1-21-9-8-14-29(22(21)2)38-20-30(36)35(19-24-15-16-25(32)18-27(24)33)28(17-23-10-4-3-5-11-23)31(37)34-26-12-6-7-13-26/h3-5,8-11,14-16,18,26,28H,6-7,12-13,17,19-20H2,1-2H3,(H,34,37)/t28-/m1/s1. The summed E-state index contributed by atoms with van der Waals surface area (Å²) in [6.45, 7) is 3.92. The van der Waals surface area contributed by atoms with Gasteiger partial charge in [0, 0.05) is 29.1 Å². The number of carbonyl (C=O) groups is 2. The zero-order valence-corrected chi connectivity index (χ0v) is 23.4. The van der Waals surface area contributed by atoms with E-state index in [2.05, 4.69) is 5.32 Å². The molecule has 1 atom stereocenters. The minimum absolute atomic E-state index is 0.128. The molecule has 0 aliphatic heterocycles. The summed E-state index contributed by atoms with van der Waals surface area (Å²) in [5, 5.41) is 4.16. The normalized spacial score (nSPS) is 14.2. The zero-order valence-electron chi connectivity index (χ0n) is 21.9. The molecule has 3 aromatic carbocycles. The molecule has 1 saturated carbocycles. The van der Waals surface area contributed by atoms with Gasteiger partial charge in [-0.05, 0) is 67.1 Å². The minimum Gasteiger partial charge on any atom is -0.483 e. The van der Waals surface area contributed by atoms with Crippen molar-refractivity contribution in [3.05, 3.63) is 99.0 Å². The molecular formula is C31H34Cl2N2O3. The van der Waals surface area contributed by atoms with Gasteiger partial charge in [-0.2, -0.15) is 0 Å². The van der Waals surface area contributed by atoms with Crippen molar-refractivity contribution in [3.8, 4) is 5.75 Å². The molecule has 5 nitrogen and oxygen atoms in total. The lowest BCUT2D eigenvalue weighted by atomic mass is 10.0. The molecule has 3 aromatic rings. The Labute approximate surface area is 235 Å². The van der Waals surface area contributed by atoms with E-state index in [1.54, 1.807) is 23.1 Å². The monoisotopic (exact) mass is 552 g/mol.